The summed E-state index contributed by atoms with van der Waals surface area (Å²) in [5.74, 6) is -0.184. The molecule has 1 saturated heterocycles. The summed E-state index contributed by atoms with van der Waals surface area (Å²) in [7, 11) is -0.462. The first-order valence-electron chi connectivity index (χ1n) is 8.88. The number of nitrogens with zero attached hydrogens (tertiary/aromatic N) is 2. The molecule has 0 aromatic heterocycles. The molecular formula is C19H23BrN4O3S. The summed E-state index contributed by atoms with van der Waals surface area (Å²) in [4.78, 5) is 16.1. The van der Waals surface area contributed by atoms with Gasteiger partial charge >= 0.3 is 0 Å². The molecule has 0 bridgehead atoms. The molecule has 3 rings (SSSR count). The van der Waals surface area contributed by atoms with Crippen LogP contribution in [0.5, 0.6) is 0 Å². The van der Waals surface area contributed by atoms with Gasteiger partial charge in [0.1, 0.15) is 0 Å². The van der Waals surface area contributed by atoms with Gasteiger partial charge in [-0.1, -0.05) is 15.9 Å². The van der Waals surface area contributed by atoms with Gasteiger partial charge in [0.25, 0.3) is 15.9 Å². The van der Waals surface area contributed by atoms with E-state index in [2.05, 4.69) is 30.9 Å². The fraction of sp³-hybridized carbons (Fsp3) is 0.316. The third-order valence-corrected chi connectivity index (χ3v) is 6.39. The van der Waals surface area contributed by atoms with Gasteiger partial charge in [0.15, 0.2) is 0 Å². The molecule has 1 fully saturated rings. The van der Waals surface area contributed by atoms with Gasteiger partial charge < -0.3 is 15.1 Å². The molecule has 150 valence electrons. The Morgan fingerprint density at radius 3 is 2.36 bits per heavy atom. The molecule has 0 radical (unpaired) electrons. The fourth-order valence-corrected chi connectivity index (χ4v) is 4.34. The first-order chi connectivity index (χ1) is 13.3. The van der Waals surface area contributed by atoms with E-state index < -0.39 is 10.0 Å². The van der Waals surface area contributed by atoms with Crippen LogP contribution in [0, 0.1) is 0 Å². The van der Waals surface area contributed by atoms with Crippen LogP contribution in [0.25, 0.3) is 0 Å². The molecule has 1 amide bonds. The van der Waals surface area contributed by atoms with Gasteiger partial charge in [-0.3, -0.25) is 9.52 Å². The van der Waals surface area contributed by atoms with Crippen LogP contribution in [0.2, 0.25) is 0 Å². The first-order valence-corrected chi connectivity index (χ1v) is 11.2. The molecule has 0 atom stereocenters. The minimum Gasteiger partial charge on any atom is -0.367 e. The van der Waals surface area contributed by atoms with E-state index in [4.69, 9.17) is 0 Å². The number of rotatable bonds is 5. The highest BCUT2D eigenvalue weighted by molar-refractivity contribution is 9.10. The number of carbonyl (C=O) groups is 1. The van der Waals surface area contributed by atoms with Gasteiger partial charge in [-0.05, 0) is 42.5 Å². The number of anilines is 2. The minimum atomic E-state index is -3.79. The maximum absolute atomic E-state index is 12.9. The van der Waals surface area contributed by atoms with Crippen molar-refractivity contribution in [1.82, 2.24) is 10.2 Å². The number of hydrogen-bond acceptors (Lipinski definition) is 5. The third-order valence-electron chi connectivity index (χ3n) is 4.48. The summed E-state index contributed by atoms with van der Waals surface area (Å²) < 4.78 is 29.3. The molecule has 0 spiro atoms. The summed E-state index contributed by atoms with van der Waals surface area (Å²) in [5.41, 5.74) is 1.59. The number of amides is 1. The molecule has 0 aliphatic carbocycles. The summed E-state index contributed by atoms with van der Waals surface area (Å²) in [6, 6.07) is 11.6. The summed E-state index contributed by atoms with van der Waals surface area (Å²) in [5, 5.41) is 3.28. The van der Waals surface area contributed by atoms with E-state index >= 15 is 0 Å². The molecule has 2 aromatic carbocycles. The number of nitrogens with one attached hydrogen (secondary N) is 2. The predicted molar refractivity (Wildman–Crippen MR) is 114 cm³/mol. The Bertz CT molecular complexity index is 956. The molecule has 7 nitrogen and oxygen atoms in total. The average molecular weight is 467 g/mol. The number of hydrogen-bond donors (Lipinski definition) is 2. The van der Waals surface area contributed by atoms with Gasteiger partial charge in [0.2, 0.25) is 0 Å². The Kier molecular flexibility index (Phi) is 6.26. The molecule has 1 aliphatic heterocycles. The monoisotopic (exact) mass is 466 g/mol. The number of carbonyl (C=O) groups excluding carboxylic acids is 1. The number of sulfonamides is 1. The largest absolute Gasteiger partial charge is 0.367 e. The fourth-order valence-electron chi connectivity index (χ4n) is 3.01. The van der Waals surface area contributed by atoms with Crippen molar-refractivity contribution in [2.24, 2.45) is 0 Å². The highest BCUT2D eigenvalue weighted by Gasteiger charge is 2.21. The van der Waals surface area contributed by atoms with Crippen LogP contribution >= 0.6 is 15.9 Å². The van der Waals surface area contributed by atoms with E-state index in [-0.39, 0.29) is 10.8 Å². The third kappa shape index (κ3) is 4.65. The SMILES string of the molecule is CN(C)C(=O)c1ccc(N2CCNCC2)c(NS(=O)(=O)c2ccc(Br)cc2)c1. The van der Waals surface area contributed by atoms with Crippen LogP contribution in [0.15, 0.2) is 51.8 Å². The lowest BCUT2D eigenvalue weighted by Crippen LogP contribution is -2.43. The number of piperazine rings is 1. The summed E-state index contributed by atoms with van der Waals surface area (Å²) >= 11 is 3.31. The summed E-state index contributed by atoms with van der Waals surface area (Å²) in [6.07, 6.45) is 0. The Labute approximate surface area is 173 Å². The van der Waals surface area contributed by atoms with Crippen molar-refractivity contribution in [2.75, 3.05) is 49.9 Å². The lowest BCUT2D eigenvalue weighted by molar-refractivity contribution is 0.0827. The Morgan fingerprint density at radius 1 is 1.11 bits per heavy atom. The van der Waals surface area contributed by atoms with Crippen molar-refractivity contribution >= 4 is 43.2 Å². The normalized spacial score (nSPS) is 14.6. The molecule has 0 saturated carbocycles. The number of halogens is 1. The first kappa shape index (κ1) is 20.6. The van der Waals surface area contributed by atoms with E-state index in [0.29, 0.717) is 11.3 Å². The summed E-state index contributed by atoms with van der Waals surface area (Å²) in [6.45, 7) is 3.15. The Hall–Kier alpha value is -2.10. The van der Waals surface area contributed by atoms with E-state index in [1.54, 1.807) is 38.4 Å². The zero-order chi connectivity index (χ0) is 20.3. The Balaban J connectivity index is 2.01. The van der Waals surface area contributed by atoms with Crippen molar-refractivity contribution < 1.29 is 13.2 Å². The lowest BCUT2D eigenvalue weighted by atomic mass is 10.1. The standard InChI is InChI=1S/C19H23BrN4O3S/c1-23(2)19(25)14-3-8-18(24-11-9-21-10-12-24)17(13-14)22-28(26,27)16-6-4-15(20)5-7-16/h3-8,13,21-22H,9-12H2,1-2H3. The van der Waals surface area contributed by atoms with E-state index in [0.717, 1.165) is 36.3 Å². The smallest absolute Gasteiger partial charge is 0.261 e. The van der Waals surface area contributed by atoms with Crippen LogP contribution in [-0.2, 0) is 10.0 Å². The van der Waals surface area contributed by atoms with Crippen molar-refractivity contribution in [3.05, 3.63) is 52.5 Å². The lowest BCUT2D eigenvalue weighted by Gasteiger charge is -2.31. The van der Waals surface area contributed by atoms with Crippen molar-refractivity contribution in [1.29, 1.82) is 0 Å². The van der Waals surface area contributed by atoms with Crippen molar-refractivity contribution in [3.8, 4) is 0 Å². The van der Waals surface area contributed by atoms with Crippen LogP contribution < -0.4 is 14.9 Å². The van der Waals surface area contributed by atoms with E-state index in [1.165, 1.54) is 17.0 Å². The second-order valence-electron chi connectivity index (χ2n) is 6.73. The molecule has 2 N–H and O–H groups in total. The highest BCUT2D eigenvalue weighted by atomic mass is 79.9. The zero-order valence-electron chi connectivity index (χ0n) is 15.8. The molecule has 1 heterocycles. The topological polar surface area (TPSA) is 81.8 Å². The van der Waals surface area contributed by atoms with Crippen LogP contribution in [0.1, 0.15) is 10.4 Å². The molecule has 9 heteroatoms. The van der Waals surface area contributed by atoms with E-state index in [1.807, 2.05) is 6.07 Å². The maximum atomic E-state index is 12.9. The highest BCUT2D eigenvalue weighted by Crippen LogP contribution is 2.30. The van der Waals surface area contributed by atoms with Gasteiger partial charge in [0.05, 0.1) is 16.3 Å². The van der Waals surface area contributed by atoms with Crippen molar-refractivity contribution in [3.63, 3.8) is 0 Å². The second-order valence-corrected chi connectivity index (χ2v) is 9.33. The second kappa shape index (κ2) is 8.50. The molecule has 1 aliphatic rings. The van der Waals surface area contributed by atoms with Crippen LogP contribution in [0.4, 0.5) is 11.4 Å². The zero-order valence-corrected chi connectivity index (χ0v) is 18.2. The molecule has 0 unspecified atom stereocenters. The molecular weight excluding hydrogens is 444 g/mol. The number of benzene rings is 2. The van der Waals surface area contributed by atoms with Crippen LogP contribution in [-0.4, -0.2) is 59.5 Å². The predicted octanol–water partition coefficient (Wildman–Crippen LogP) is 2.36. The van der Waals surface area contributed by atoms with Gasteiger partial charge in [0, 0.05) is 50.3 Å². The molecule has 28 heavy (non-hydrogen) atoms. The molecule has 2 aromatic rings. The minimum absolute atomic E-state index is 0.159. The van der Waals surface area contributed by atoms with E-state index in [9.17, 15) is 13.2 Å². The van der Waals surface area contributed by atoms with Crippen LogP contribution in [0.3, 0.4) is 0 Å². The Morgan fingerprint density at radius 2 is 1.75 bits per heavy atom. The quantitative estimate of drug-likeness (QED) is 0.706. The van der Waals surface area contributed by atoms with Gasteiger partial charge in [-0.25, -0.2) is 8.42 Å². The maximum Gasteiger partial charge on any atom is 0.261 e. The van der Waals surface area contributed by atoms with Gasteiger partial charge in [-0.15, -0.1) is 0 Å². The van der Waals surface area contributed by atoms with Crippen molar-refractivity contribution in [2.45, 2.75) is 4.90 Å². The average Bonchev–Trinajstić information content (AvgIpc) is 2.68. The van der Waals surface area contributed by atoms with Gasteiger partial charge in [-0.2, -0.15) is 0 Å².